The normalized spacial score (nSPS) is 15.1. The van der Waals surface area contributed by atoms with Gasteiger partial charge in [-0.25, -0.2) is 8.78 Å². The summed E-state index contributed by atoms with van der Waals surface area (Å²) in [7, 11) is 0. The summed E-state index contributed by atoms with van der Waals surface area (Å²) in [5.74, 6) is -13.4. The van der Waals surface area contributed by atoms with Gasteiger partial charge < -0.3 is 0 Å². The summed E-state index contributed by atoms with van der Waals surface area (Å²) in [5, 5.41) is 18.9. The molecule has 0 aromatic rings. The lowest BCUT2D eigenvalue weighted by Gasteiger charge is -2.37. The van der Waals surface area contributed by atoms with Crippen LogP contribution in [-0.4, -0.2) is 40.0 Å². The Hall–Kier alpha value is -1.24. The molecule has 0 aromatic carbocycles. The molecule has 0 atom stereocenters. The van der Waals surface area contributed by atoms with Gasteiger partial charge in [0.05, 0.1) is 0 Å². The molecule has 0 rings (SSSR count). The standard InChI is InChI=1S/C7H7F8N2O3/c1-4(2,17(19)20)16(18)7(14,15)6(12,13)5(10,11)3(8)9/h3H,1-2H3. The average molecular weight is 319 g/mol. The van der Waals surface area contributed by atoms with Crippen LogP contribution in [0.4, 0.5) is 35.1 Å². The molecule has 1 radical (unpaired) electrons. The van der Waals surface area contributed by atoms with Crippen LogP contribution in [0.25, 0.3) is 0 Å². The SMILES string of the molecule is CC(C)(N([O])C(F)(F)C(F)(F)C(F)(F)C(F)F)[N+](=O)[O-]. The Morgan fingerprint density at radius 3 is 1.65 bits per heavy atom. The van der Waals surface area contributed by atoms with Crippen LogP contribution in [-0.2, 0) is 5.21 Å². The van der Waals surface area contributed by atoms with Gasteiger partial charge in [0, 0.05) is 18.8 Å². The average Bonchev–Trinajstić information content (AvgIpc) is 2.26. The minimum Gasteiger partial charge on any atom is -0.262 e. The van der Waals surface area contributed by atoms with Crippen molar-refractivity contribution in [3.63, 3.8) is 0 Å². The van der Waals surface area contributed by atoms with Gasteiger partial charge in [-0.3, -0.25) is 10.1 Å². The number of hydroxylamine groups is 2. The van der Waals surface area contributed by atoms with Gasteiger partial charge in [0.15, 0.2) is 0 Å². The monoisotopic (exact) mass is 319 g/mol. The fourth-order valence-corrected chi connectivity index (χ4v) is 0.883. The minimum absolute atomic E-state index is 0.116. The van der Waals surface area contributed by atoms with E-state index in [4.69, 9.17) is 0 Å². The van der Waals surface area contributed by atoms with Crippen LogP contribution < -0.4 is 0 Å². The van der Waals surface area contributed by atoms with Crippen molar-refractivity contribution in [2.75, 3.05) is 0 Å². The van der Waals surface area contributed by atoms with E-state index in [1.54, 1.807) is 0 Å². The van der Waals surface area contributed by atoms with Crippen molar-refractivity contribution >= 4 is 0 Å². The first-order chi connectivity index (χ1) is 8.54. The molecule has 5 nitrogen and oxygen atoms in total. The molecule has 119 valence electrons. The quantitative estimate of drug-likeness (QED) is 0.249. The highest BCUT2D eigenvalue weighted by molar-refractivity contribution is 4.97. The topological polar surface area (TPSA) is 66.3 Å². The van der Waals surface area contributed by atoms with Crippen molar-refractivity contribution in [2.45, 2.75) is 43.8 Å². The number of hydrogen-bond donors (Lipinski definition) is 0. The molecular formula is C7H7F8N2O3. The number of hydrogen-bond acceptors (Lipinski definition) is 3. The predicted molar refractivity (Wildman–Crippen MR) is 44.4 cm³/mol. The van der Waals surface area contributed by atoms with Crippen LogP contribution >= 0.6 is 0 Å². The second kappa shape index (κ2) is 4.95. The first-order valence-corrected chi connectivity index (χ1v) is 4.58. The molecular weight excluding hydrogens is 312 g/mol. The summed E-state index contributed by atoms with van der Waals surface area (Å²) in [6, 6.07) is -6.44. The van der Waals surface area contributed by atoms with Gasteiger partial charge in [-0.1, -0.05) is 0 Å². The second-order valence-corrected chi connectivity index (χ2v) is 4.09. The zero-order valence-corrected chi connectivity index (χ0v) is 9.72. The van der Waals surface area contributed by atoms with Gasteiger partial charge in [0.2, 0.25) is 0 Å². The highest BCUT2D eigenvalue weighted by Crippen LogP contribution is 2.50. The number of alkyl halides is 8. The summed E-state index contributed by atoms with van der Waals surface area (Å²) in [6.45, 7) is 0.231. The maximum atomic E-state index is 13.1. The van der Waals surface area contributed by atoms with E-state index >= 15 is 0 Å². The van der Waals surface area contributed by atoms with E-state index in [2.05, 4.69) is 0 Å². The molecule has 0 saturated heterocycles. The Kier molecular flexibility index (Phi) is 4.64. The van der Waals surface area contributed by atoms with E-state index in [1.165, 1.54) is 0 Å². The third-order valence-corrected chi connectivity index (χ3v) is 2.27. The Balaban J connectivity index is 5.80. The molecule has 0 amide bonds. The molecule has 0 aliphatic carbocycles. The van der Waals surface area contributed by atoms with Crippen molar-refractivity contribution in [3.8, 4) is 0 Å². The molecule has 13 heteroatoms. The van der Waals surface area contributed by atoms with E-state index in [9.17, 15) is 50.4 Å². The molecule has 0 aromatic heterocycles. The van der Waals surface area contributed by atoms with Crippen LogP contribution in [0.5, 0.6) is 0 Å². The fraction of sp³-hybridized carbons (Fsp3) is 1.00. The largest absolute Gasteiger partial charge is 0.403 e. The van der Waals surface area contributed by atoms with E-state index < -0.39 is 40.0 Å². The number of halogens is 8. The number of nitro groups is 1. The zero-order chi connectivity index (χ0) is 16.7. The molecule has 0 spiro atoms. The highest BCUT2D eigenvalue weighted by atomic mass is 19.4. The predicted octanol–water partition coefficient (Wildman–Crippen LogP) is 2.78. The van der Waals surface area contributed by atoms with E-state index in [-0.39, 0.29) is 13.8 Å². The van der Waals surface area contributed by atoms with Gasteiger partial charge in [-0.05, 0) is 5.06 Å². The lowest BCUT2D eigenvalue weighted by Crippen LogP contribution is -2.68. The van der Waals surface area contributed by atoms with E-state index in [0.29, 0.717) is 0 Å². The van der Waals surface area contributed by atoms with Gasteiger partial charge >= 0.3 is 30.0 Å². The maximum Gasteiger partial charge on any atom is 0.403 e. The summed E-state index contributed by atoms with van der Waals surface area (Å²) >= 11 is 0. The maximum absolute atomic E-state index is 13.1. The molecule has 20 heavy (non-hydrogen) atoms. The highest BCUT2D eigenvalue weighted by Gasteiger charge is 2.80. The first-order valence-electron chi connectivity index (χ1n) is 4.58. The van der Waals surface area contributed by atoms with Crippen LogP contribution in [0.2, 0.25) is 0 Å². The van der Waals surface area contributed by atoms with Crippen molar-refractivity contribution < 1.29 is 45.3 Å². The number of rotatable bonds is 6. The Morgan fingerprint density at radius 1 is 1.05 bits per heavy atom. The molecule has 0 saturated carbocycles. The Bertz CT molecular complexity index is 386. The molecule has 0 bridgehead atoms. The lowest BCUT2D eigenvalue weighted by molar-refractivity contribution is -0.648. The fourth-order valence-electron chi connectivity index (χ4n) is 0.883. The van der Waals surface area contributed by atoms with Crippen LogP contribution in [0.15, 0.2) is 0 Å². The van der Waals surface area contributed by atoms with Crippen LogP contribution in [0, 0.1) is 10.1 Å². The summed E-state index contributed by atoms with van der Waals surface area (Å²) in [5.41, 5.74) is -3.45. The number of nitrogens with zero attached hydrogens (tertiary/aromatic N) is 2. The summed E-state index contributed by atoms with van der Waals surface area (Å²) in [6.07, 6.45) is -5.21. The molecule has 0 aliphatic rings. The van der Waals surface area contributed by atoms with E-state index in [1.807, 2.05) is 0 Å². The second-order valence-electron chi connectivity index (χ2n) is 4.09. The van der Waals surface area contributed by atoms with Gasteiger partial charge in [0.1, 0.15) is 0 Å². The third kappa shape index (κ3) is 2.51. The van der Waals surface area contributed by atoms with Crippen molar-refractivity contribution in [3.05, 3.63) is 10.1 Å². The smallest absolute Gasteiger partial charge is 0.262 e. The van der Waals surface area contributed by atoms with E-state index in [0.717, 1.165) is 0 Å². The third-order valence-electron chi connectivity index (χ3n) is 2.27. The van der Waals surface area contributed by atoms with Gasteiger partial charge in [-0.2, -0.15) is 26.3 Å². The molecule has 0 fully saturated rings. The molecule has 0 N–H and O–H groups in total. The first kappa shape index (κ1) is 18.8. The van der Waals surface area contributed by atoms with Crippen LogP contribution in [0.1, 0.15) is 13.8 Å². The minimum atomic E-state index is -6.83. The summed E-state index contributed by atoms with van der Waals surface area (Å²) in [4.78, 5) is 8.51. The molecule has 0 aliphatic heterocycles. The van der Waals surface area contributed by atoms with Gasteiger partial charge in [0.25, 0.3) is 0 Å². The zero-order valence-electron chi connectivity index (χ0n) is 9.72. The van der Waals surface area contributed by atoms with Crippen LogP contribution in [0.3, 0.4) is 0 Å². The van der Waals surface area contributed by atoms with Crippen molar-refractivity contribution in [1.29, 1.82) is 0 Å². The Labute approximate surface area is 105 Å². The molecule has 0 heterocycles. The van der Waals surface area contributed by atoms with Crippen molar-refractivity contribution in [2.24, 2.45) is 0 Å². The summed E-state index contributed by atoms with van der Waals surface area (Å²) < 4.78 is 100. The lowest BCUT2D eigenvalue weighted by atomic mass is 10.1. The Morgan fingerprint density at radius 2 is 1.40 bits per heavy atom. The van der Waals surface area contributed by atoms with Crippen molar-refractivity contribution in [1.82, 2.24) is 5.06 Å². The molecule has 0 unspecified atom stereocenters. The van der Waals surface area contributed by atoms with Gasteiger partial charge in [-0.15, -0.1) is 5.21 Å².